The summed E-state index contributed by atoms with van der Waals surface area (Å²) in [5.74, 6) is 1.77. The first-order chi connectivity index (χ1) is 14.5. The molecule has 3 heterocycles. The fraction of sp³-hybridized carbons (Fsp3) is 0.522. The average molecular weight is 407 g/mol. The highest BCUT2D eigenvalue weighted by Gasteiger charge is 2.43. The van der Waals surface area contributed by atoms with Crippen LogP contribution < -0.4 is 10.1 Å². The van der Waals surface area contributed by atoms with E-state index in [1.807, 2.05) is 16.9 Å². The van der Waals surface area contributed by atoms with Crippen LogP contribution in [0.25, 0.3) is 11.0 Å². The number of hydrogen-bond acceptors (Lipinski definition) is 6. The molecule has 1 aliphatic carbocycles. The van der Waals surface area contributed by atoms with Gasteiger partial charge in [0.15, 0.2) is 5.65 Å². The smallest absolute Gasteiger partial charge is 0.163 e. The SMILES string of the molecule is COc1cccc(C2C(Nc3ncnc4c3cnn4C(C)(C)C)CCN2C2CC2)c1. The predicted octanol–water partition coefficient (Wildman–Crippen LogP) is 3.98. The number of nitrogens with zero attached hydrogens (tertiary/aromatic N) is 5. The van der Waals surface area contributed by atoms with Crippen molar-refractivity contribution < 1.29 is 4.74 Å². The zero-order valence-electron chi connectivity index (χ0n) is 18.2. The number of ether oxygens (including phenoxy) is 1. The Labute approximate surface area is 177 Å². The van der Waals surface area contributed by atoms with Crippen LogP contribution in [0, 0.1) is 0 Å². The maximum absolute atomic E-state index is 5.50. The Morgan fingerprint density at radius 1 is 1.13 bits per heavy atom. The normalized spacial score (nSPS) is 22.5. The Kier molecular flexibility index (Phi) is 4.65. The molecule has 2 aromatic heterocycles. The summed E-state index contributed by atoms with van der Waals surface area (Å²) in [6, 6.07) is 9.76. The molecule has 7 heteroatoms. The molecule has 2 aliphatic rings. The third-order valence-corrected chi connectivity index (χ3v) is 6.21. The fourth-order valence-corrected chi connectivity index (χ4v) is 4.66. The van der Waals surface area contributed by atoms with Crippen LogP contribution in [0.3, 0.4) is 0 Å². The van der Waals surface area contributed by atoms with Crippen molar-refractivity contribution in [2.75, 3.05) is 19.0 Å². The molecule has 0 amide bonds. The molecule has 2 fully saturated rings. The van der Waals surface area contributed by atoms with E-state index in [1.54, 1.807) is 13.4 Å². The molecule has 1 saturated heterocycles. The van der Waals surface area contributed by atoms with Gasteiger partial charge >= 0.3 is 0 Å². The number of hydrogen-bond donors (Lipinski definition) is 1. The van der Waals surface area contributed by atoms with Crippen molar-refractivity contribution in [3.63, 3.8) is 0 Å². The second-order valence-corrected chi connectivity index (χ2v) is 9.42. The van der Waals surface area contributed by atoms with E-state index in [0.717, 1.165) is 35.6 Å². The summed E-state index contributed by atoms with van der Waals surface area (Å²) >= 11 is 0. The molecule has 0 bridgehead atoms. The number of benzene rings is 1. The molecule has 1 N–H and O–H groups in total. The van der Waals surface area contributed by atoms with Crippen LogP contribution in [0.4, 0.5) is 5.82 Å². The van der Waals surface area contributed by atoms with Crippen molar-refractivity contribution in [1.82, 2.24) is 24.6 Å². The summed E-state index contributed by atoms with van der Waals surface area (Å²) in [6.45, 7) is 7.51. The largest absolute Gasteiger partial charge is 0.497 e. The molecule has 5 rings (SSSR count). The van der Waals surface area contributed by atoms with Crippen LogP contribution >= 0.6 is 0 Å². The standard InChI is InChI=1S/C23H30N6O/c1-23(2,3)29-22-18(13-26-29)21(24-14-25-22)27-19-10-11-28(16-8-9-16)20(19)15-6-5-7-17(12-15)30-4/h5-7,12-14,16,19-20H,8-11H2,1-4H3,(H,24,25,27). The number of methoxy groups -OCH3 is 1. The van der Waals surface area contributed by atoms with Gasteiger partial charge in [-0.05, 0) is 57.7 Å². The zero-order chi connectivity index (χ0) is 20.9. The Balaban J connectivity index is 1.49. The van der Waals surface area contributed by atoms with E-state index in [2.05, 4.69) is 64.3 Å². The summed E-state index contributed by atoms with van der Waals surface area (Å²) in [5.41, 5.74) is 2.04. The van der Waals surface area contributed by atoms with E-state index in [-0.39, 0.29) is 11.6 Å². The van der Waals surface area contributed by atoms with Crippen LogP contribution in [0.1, 0.15) is 51.6 Å². The summed E-state index contributed by atoms with van der Waals surface area (Å²) in [4.78, 5) is 11.8. The average Bonchev–Trinajstić information content (AvgIpc) is 3.32. The number of fused-ring (bicyclic) bond motifs is 1. The first kappa shape index (κ1) is 19.3. The summed E-state index contributed by atoms with van der Waals surface area (Å²) in [6.07, 6.45) is 7.20. The van der Waals surface area contributed by atoms with E-state index in [1.165, 1.54) is 18.4 Å². The van der Waals surface area contributed by atoms with Gasteiger partial charge in [0.1, 0.15) is 17.9 Å². The molecule has 2 atom stereocenters. The summed E-state index contributed by atoms with van der Waals surface area (Å²) in [5, 5.41) is 9.34. The van der Waals surface area contributed by atoms with Crippen molar-refractivity contribution >= 4 is 16.9 Å². The lowest BCUT2D eigenvalue weighted by molar-refractivity contribution is 0.240. The molecular formula is C23H30N6O. The van der Waals surface area contributed by atoms with Gasteiger partial charge in [0.2, 0.25) is 0 Å². The predicted molar refractivity (Wildman–Crippen MR) is 118 cm³/mol. The second kappa shape index (κ2) is 7.23. The number of rotatable bonds is 5. The van der Waals surface area contributed by atoms with Gasteiger partial charge in [-0.25, -0.2) is 14.6 Å². The first-order valence-corrected chi connectivity index (χ1v) is 10.8. The number of likely N-dealkylation sites (tertiary alicyclic amines) is 1. The highest BCUT2D eigenvalue weighted by atomic mass is 16.5. The fourth-order valence-electron chi connectivity index (χ4n) is 4.66. The van der Waals surface area contributed by atoms with Crippen LogP contribution in [0.15, 0.2) is 36.8 Å². The minimum absolute atomic E-state index is 0.132. The minimum atomic E-state index is -0.132. The van der Waals surface area contributed by atoms with Crippen molar-refractivity contribution in [2.24, 2.45) is 0 Å². The molecule has 1 saturated carbocycles. The topological polar surface area (TPSA) is 68.1 Å². The Morgan fingerprint density at radius 3 is 2.70 bits per heavy atom. The van der Waals surface area contributed by atoms with Crippen LogP contribution in [-0.4, -0.2) is 50.4 Å². The number of aromatic nitrogens is 4. The quantitative estimate of drug-likeness (QED) is 0.691. The van der Waals surface area contributed by atoms with E-state index < -0.39 is 0 Å². The van der Waals surface area contributed by atoms with Crippen LogP contribution in [0.2, 0.25) is 0 Å². The van der Waals surface area contributed by atoms with E-state index in [0.29, 0.717) is 12.1 Å². The molecule has 2 unspecified atom stereocenters. The molecular weight excluding hydrogens is 376 g/mol. The van der Waals surface area contributed by atoms with Crippen molar-refractivity contribution in [3.8, 4) is 5.75 Å². The zero-order valence-corrected chi connectivity index (χ0v) is 18.2. The lowest BCUT2D eigenvalue weighted by Gasteiger charge is -2.29. The summed E-state index contributed by atoms with van der Waals surface area (Å²) in [7, 11) is 1.73. The highest BCUT2D eigenvalue weighted by Crippen LogP contribution is 2.43. The van der Waals surface area contributed by atoms with Crippen LogP contribution in [0.5, 0.6) is 5.75 Å². The lowest BCUT2D eigenvalue weighted by Crippen LogP contribution is -2.33. The third kappa shape index (κ3) is 3.41. The van der Waals surface area contributed by atoms with Crippen molar-refractivity contribution in [3.05, 3.63) is 42.4 Å². The summed E-state index contributed by atoms with van der Waals surface area (Å²) < 4.78 is 7.47. The Hall–Kier alpha value is -2.67. The van der Waals surface area contributed by atoms with Gasteiger partial charge in [0.05, 0.1) is 30.3 Å². The molecule has 30 heavy (non-hydrogen) atoms. The lowest BCUT2D eigenvalue weighted by atomic mass is 9.99. The monoisotopic (exact) mass is 406 g/mol. The van der Waals surface area contributed by atoms with E-state index in [9.17, 15) is 0 Å². The minimum Gasteiger partial charge on any atom is -0.497 e. The first-order valence-electron chi connectivity index (χ1n) is 10.8. The molecule has 158 valence electrons. The van der Waals surface area contributed by atoms with Gasteiger partial charge < -0.3 is 10.1 Å². The molecule has 0 spiro atoms. The van der Waals surface area contributed by atoms with Gasteiger partial charge in [0.25, 0.3) is 0 Å². The molecule has 3 aromatic rings. The number of nitrogens with one attached hydrogen (secondary N) is 1. The van der Waals surface area contributed by atoms with Gasteiger partial charge in [0, 0.05) is 18.6 Å². The third-order valence-electron chi connectivity index (χ3n) is 6.21. The van der Waals surface area contributed by atoms with Crippen LogP contribution in [-0.2, 0) is 5.54 Å². The second-order valence-electron chi connectivity index (χ2n) is 9.42. The maximum Gasteiger partial charge on any atom is 0.163 e. The van der Waals surface area contributed by atoms with Gasteiger partial charge in [-0.15, -0.1) is 0 Å². The van der Waals surface area contributed by atoms with Crippen molar-refractivity contribution in [1.29, 1.82) is 0 Å². The highest BCUT2D eigenvalue weighted by molar-refractivity contribution is 5.86. The molecule has 1 aromatic carbocycles. The molecule has 7 nitrogen and oxygen atoms in total. The molecule has 1 aliphatic heterocycles. The van der Waals surface area contributed by atoms with Crippen molar-refractivity contribution in [2.45, 2.75) is 63.7 Å². The maximum atomic E-state index is 5.50. The Bertz CT molecular complexity index is 1050. The van der Waals surface area contributed by atoms with E-state index in [4.69, 9.17) is 4.74 Å². The van der Waals surface area contributed by atoms with Gasteiger partial charge in [-0.2, -0.15) is 5.10 Å². The van der Waals surface area contributed by atoms with E-state index >= 15 is 0 Å². The van der Waals surface area contributed by atoms with Gasteiger partial charge in [-0.1, -0.05) is 12.1 Å². The molecule has 0 radical (unpaired) electrons. The Morgan fingerprint density at radius 2 is 1.97 bits per heavy atom. The number of anilines is 1. The van der Waals surface area contributed by atoms with Gasteiger partial charge in [-0.3, -0.25) is 4.90 Å².